The first kappa shape index (κ1) is 17.7. The third-order valence-corrected chi connectivity index (χ3v) is 7.41. The van der Waals surface area contributed by atoms with Gasteiger partial charge in [-0.15, -0.1) is 0 Å². The number of rotatable bonds is 7. The molecule has 1 aliphatic rings. The van der Waals surface area contributed by atoms with Gasteiger partial charge in [0, 0.05) is 0 Å². The fraction of sp³-hybridized carbons (Fsp3) is 0.789. The van der Waals surface area contributed by atoms with Crippen LogP contribution in [0.15, 0.2) is 22.4 Å². The molecule has 1 heteroatoms. The van der Waals surface area contributed by atoms with E-state index in [1.165, 1.54) is 19.3 Å². The van der Waals surface area contributed by atoms with Crippen molar-refractivity contribution in [1.82, 2.24) is 0 Å². The minimum absolute atomic E-state index is 0.732. The average molecular weight is 293 g/mol. The van der Waals surface area contributed by atoms with Gasteiger partial charge in [0.25, 0.3) is 0 Å². The molecule has 0 radical (unpaired) electrons. The second-order valence-electron chi connectivity index (χ2n) is 7.18. The molecule has 0 bridgehead atoms. The van der Waals surface area contributed by atoms with Crippen molar-refractivity contribution in [1.29, 1.82) is 0 Å². The first-order valence-corrected chi connectivity index (χ1v) is 11.7. The first-order valence-electron chi connectivity index (χ1n) is 8.84. The number of hydrogen-bond donors (Lipinski definition) is 0. The molecule has 0 aliphatic heterocycles. The maximum absolute atomic E-state index is 2.67. The lowest BCUT2D eigenvalue weighted by atomic mass is 9.86. The molecule has 1 aliphatic carbocycles. The molecule has 0 aromatic rings. The second kappa shape index (κ2) is 7.63. The van der Waals surface area contributed by atoms with Gasteiger partial charge in [0.1, 0.15) is 0 Å². The third-order valence-electron chi connectivity index (χ3n) is 5.47. The molecule has 0 saturated carbocycles. The Balaban J connectivity index is 3.34. The van der Waals surface area contributed by atoms with Gasteiger partial charge in [-0.2, -0.15) is 0 Å². The van der Waals surface area contributed by atoms with Crippen LogP contribution < -0.4 is 0 Å². The molecule has 0 nitrogen and oxygen atoms in total. The summed E-state index contributed by atoms with van der Waals surface area (Å²) in [4.78, 5) is 0. The van der Waals surface area contributed by atoms with E-state index >= 15 is 0 Å². The van der Waals surface area contributed by atoms with Crippen LogP contribution in [0.4, 0.5) is 0 Å². The van der Waals surface area contributed by atoms with E-state index in [-0.39, 0.29) is 0 Å². The van der Waals surface area contributed by atoms with Gasteiger partial charge in [0.2, 0.25) is 0 Å². The molecule has 0 saturated heterocycles. The van der Waals surface area contributed by atoms with Crippen LogP contribution in [-0.2, 0) is 0 Å². The highest BCUT2D eigenvalue weighted by atomic mass is 28.3. The SMILES string of the molecule is CCC(C)C1=CC(C(C)CC)C([SiH](C)C)=C1C(C)CC. The molecule has 0 N–H and O–H groups in total. The van der Waals surface area contributed by atoms with E-state index in [9.17, 15) is 0 Å². The van der Waals surface area contributed by atoms with E-state index in [0.29, 0.717) is 0 Å². The van der Waals surface area contributed by atoms with Crippen LogP contribution in [-0.4, -0.2) is 8.80 Å². The molecule has 4 atom stereocenters. The van der Waals surface area contributed by atoms with Gasteiger partial charge in [-0.05, 0) is 47.7 Å². The lowest BCUT2D eigenvalue weighted by molar-refractivity contribution is 0.476. The van der Waals surface area contributed by atoms with Crippen molar-refractivity contribution in [2.75, 3.05) is 0 Å². The maximum atomic E-state index is 2.67. The normalized spacial score (nSPS) is 24.1. The summed E-state index contributed by atoms with van der Waals surface area (Å²) < 4.78 is 0. The highest BCUT2D eigenvalue weighted by Crippen LogP contribution is 2.45. The second-order valence-corrected chi connectivity index (χ2v) is 10.1. The Hall–Kier alpha value is -0.303. The highest BCUT2D eigenvalue weighted by molar-refractivity contribution is 6.64. The zero-order valence-electron chi connectivity index (χ0n) is 15.1. The van der Waals surface area contributed by atoms with Crippen LogP contribution in [0.25, 0.3) is 0 Å². The number of allylic oxidation sites excluding steroid dienone is 4. The minimum Gasteiger partial charge on any atom is -0.0740 e. The van der Waals surface area contributed by atoms with E-state index in [0.717, 1.165) is 23.7 Å². The van der Waals surface area contributed by atoms with Crippen LogP contribution in [0.3, 0.4) is 0 Å². The lowest BCUT2D eigenvalue weighted by Gasteiger charge is -2.26. The predicted molar refractivity (Wildman–Crippen MR) is 95.8 cm³/mol. The van der Waals surface area contributed by atoms with Crippen LogP contribution in [0.5, 0.6) is 0 Å². The summed E-state index contributed by atoms with van der Waals surface area (Å²) in [6.45, 7) is 19.4. The Morgan fingerprint density at radius 3 is 1.90 bits per heavy atom. The molecule has 0 fully saturated rings. The predicted octanol–water partition coefficient (Wildman–Crippen LogP) is 6.00. The van der Waals surface area contributed by atoms with Crippen LogP contribution >= 0.6 is 0 Å². The zero-order chi connectivity index (χ0) is 15.4. The summed E-state index contributed by atoms with van der Waals surface area (Å²) in [5.41, 5.74) is 3.50. The van der Waals surface area contributed by atoms with Crippen molar-refractivity contribution in [3.63, 3.8) is 0 Å². The fourth-order valence-corrected chi connectivity index (χ4v) is 5.83. The van der Waals surface area contributed by atoms with Crippen LogP contribution in [0, 0.1) is 23.7 Å². The molecule has 116 valence electrons. The smallest absolute Gasteiger partial charge is 0.0607 e. The quantitative estimate of drug-likeness (QED) is 0.505. The summed E-state index contributed by atoms with van der Waals surface area (Å²) in [6.07, 6.45) is 6.52. The Labute approximate surface area is 129 Å². The van der Waals surface area contributed by atoms with Crippen molar-refractivity contribution in [2.24, 2.45) is 23.7 Å². The van der Waals surface area contributed by atoms with E-state index in [2.05, 4.69) is 60.7 Å². The summed E-state index contributed by atoms with van der Waals surface area (Å²) in [5.74, 6) is 3.03. The Kier molecular flexibility index (Phi) is 6.77. The van der Waals surface area contributed by atoms with Gasteiger partial charge >= 0.3 is 0 Å². The van der Waals surface area contributed by atoms with Gasteiger partial charge in [0.15, 0.2) is 0 Å². The van der Waals surface area contributed by atoms with Crippen molar-refractivity contribution in [3.8, 4) is 0 Å². The Morgan fingerprint density at radius 2 is 1.50 bits per heavy atom. The van der Waals surface area contributed by atoms with Gasteiger partial charge in [-0.25, -0.2) is 0 Å². The van der Waals surface area contributed by atoms with Crippen LogP contribution in [0.1, 0.15) is 60.8 Å². The van der Waals surface area contributed by atoms with Gasteiger partial charge < -0.3 is 0 Å². The minimum atomic E-state index is -0.742. The molecule has 0 heterocycles. The molecule has 0 aromatic heterocycles. The molecule has 20 heavy (non-hydrogen) atoms. The standard InChI is InChI=1S/C19H36Si/c1-9-13(4)16-12-17(14(5)10-2)19(20(7)8)18(16)15(6)11-3/h12-15,17,20H,9-11H2,1-8H3. The topological polar surface area (TPSA) is 0 Å². The molecule has 1 rings (SSSR count). The summed E-state index contributed by atoms with van der Waals surface area (Å²) in [7, 11) is -0.742. The Bertz CT molecular complexity index is 375. The lowest BCUT2D eigenvalue weighted by Crippen LogP contribution is -2.21. The van der Waals surface area contributed by atoms with E-state index in [4.69, 9.17) is 0 Å². The van der Waals surface area contributed by atoms with Gasteiger partial charge in [-0.3, -0.25) is 0 Å². The van der Waals surface area contributed by atoms with Crippen molar-refractivity contribution < 1.29 is 0 Å². The van der Waals surface area contributed by atoms with Gasteiger partial charge in [0.05, 0.1) is 8.80 Å². The molecular weight excluding hydrogens is 256 g/mol. The number of hydrogen-bond acceptors (Lipinski definition) is 0. The maximum Gasteiger partial charge on any atom is 0.0607 e. The largest absolute Gasteiger partial charge is 0.0740 e. The average Bonchev–Trinajstić information content (AvgIpc) is 2.85. The van der Waals surface area contributed by atoms with Crippen LogP contribution in [0.2, 0.25) is 13.1 Å². The fourth-order valence-electron chi connectivity index (χ4n) is 3.56. The third kappa shape index (κ3) is 3.47. The summed E-state index contributed by atoms with van der Waals surface area (Å²) in [6, 6.07) is 0. The highest BCUT2D eigenvalue weighted by Gasteiger charge is 2.34. The van der Waals surface area contributed by atoms with E-state index in [1.54, 1.807) is 11.1 Å². The molecular formula is C19H36Si. The van der Waals surface area contributed by atoms with Crippen molar-refractivity contribution in [2.45, 2.75) is 73.9 Å². The Morgan fingerprint density at radius 1 is 0.950 bits per heavy atom. The van der Waals surface area contributed by atoms with Crippen molar-refractivity contribution >= 4 is 8.80 Å². The zero-order valence-corrected chi connectivity index (χ0v) is 16.2. The first-order chi connectivity index (χ1) is 9.38. The summed E-state index contributed by atoms with van der Waals surface area (Å²) >= 11 is 0. The van der Waals surface area contributed by atoms with Crippen molar-refractivity contribution in [3.05, 3.63) is 22.4 Å². The van der Waals surface area contributed by atoms with E-state index in [1.807, 2.05) is 5.20 Å². The monoisotopic (exact) mass is 292 g/mol. The molecule has 0 aromatic carbocycles. The van der Waals surface area contributed by atoms with E-state index < -0.39 is 8.80 Å². The molecule has 4 unspecified atom stereocenters. The molecule has 0 spiro atoms. The molecule has 0 amide bonds. The van der Waals surface area contributed by atoms with Gasteiger partial charge in [-0.1, -0.05) is 72.3 Å². The summed E-state index contributed by atoms with van der Waals surface area (Å²) in [5, 5.41) is 1.89.